The molecule has 0 spiro atoms. The number of rotatable bonds is 4. The molecule has 2 rings (SSSR count). The molecule has 0 saturated carbocycles. The number of pyridine rings is 1. The predicted molar refractivity (Wildman–Crippen MR) is 67.4 cm³/mol. The number of nitrogen functional groups attached to an aromatic ring is 1. The van der Waals surface area contributed by atoms with Crippen LogP contribution in [0.25, 0.3) is 0 Å². The minimum Gasteiger partial charge on any atom is -0.384 e. The molecule has 2 aromatic heterocycles. The summed E-state index contributed by atoms with van der Waals surface area (Å²) in [5.41, 5.74) is 6.85. The van der Waals surface area contributed by atoms with Gasteiger partial charge in [-0.05, 0) is 24.6 Å². The molecule has 0 amide bonds. The van der Waals surface area contributed by atoms with E-state index >= 15 is 0 Å². The number of hydrogen-bond donors (Lipinski definition) is 1. The van der Waals surface area contributed by atoms with Gasteiger partial charge in [-0.25, -0.2) is 9.97 Å². The van der Waals surface area contributed by atoms with Gasteiger partial charge < -0.3 is 10.6 Å². The number of anilines is 2. The first-order chi connectivity index (χ1) is 8.29. The maximum Gasteiger partial charge on any atom is 0.134 e. The zero-order chi connectivity index (χ0) is 12.1. The molecule has 2 aromatic rings. The zero-order valence-corrected chi connectivity index (χ0v) is 9.74. The lowest BCUT2D eigenvalue weighted by Crippen LogP contribution is -2.23. The van der Waals surface area contributed by atoms with E-state index in [1.165, 1.54) is 11.9 Å². The zero-order valence-electron chi connectivity index (χ0n) is 9.74. The molecule has 2 N–H and O–H groups in total. The normalized spacial score (nSPS) is 10.2. The Hall–Kier alpha value is -2.17. The summed E-state index contributed by atoms with van der Waals surface area (Å²) in [6, 6.07) is 5.77. The fourth-order valence-electron chi connectivity index (χ4n) is 1.60. The Bertz CT molecular complexity index is 471. The van der Waals surface area contributed by atoms with Crippen molar-refractivity contribution in [2.75, 3.05) is 17.2 Å². The molecule has 0 aliphatic heterocycles. The molecule has 5 heteroatoms. The van der Waals surface area contributed by atoms with E-state index in [9.17, 15) is 0 Å². The van der Waals surface area contributed by atoms with Crippen LogP contribution in [0.15, 0.2) is 36.9 Å². The Kier molecular flexibility index (Phi) is 3.49. The van der Waals surface area contributed by atoms with E-state index in [-0.39, 0.29) is 0 Å². The van der Waals surface area contributed by atoms with Gasteiger partial charge in [0.15, 0.2) is 0 Å². The highest BCUT2D eigenvalue weighted by Gasteiger charge is 2.07. The third-order valence-corrected chi connectivity index (χ3v) is 2.50. The Labute approximate surface area is 100 Å². The van der Waals surface area contributed by atoms with Crippen LogP contribution in [0.2, 0.25) is 0 Å². The van der Waals surface area contributed by atoms with Gasteiger partial charge >= 0.3 is 0 Å². The van der Waals surface area contributed by atoms with Crippen molar-refractivity contribution in [3.05, 3.63) is 42.5 Å². The molecule has 0 atom stereocenters. The van der Waals surface area contributed by atoms with E-state index in [0.29, 0.717) is 5.82 Å². The summed E-state index contributed by atoms with van der Waals surface area (Å²) in [5.74, 6) is 1.33. The van der Waals surface area contributed by atoms with Crippen LogP contribution in [0.3, 0.4) is 0 Å². The van der Waals surface area contributed by atoms with Gasteiger partial charge in [-0.1, -0.05) is 0 Å². The second-order valence-electron chi connectivity index (χ2n) is 3.67. The lowest BCUT2D eigenvalue weighted by atomic mass is 10.2. The number of nitrogens with two attached hydrogens (primary N) is 1. The smallest absolute Gasteiger partial charge is 0.134 e. The fraction of sp³-hybridized carbons (Fsp3) is 0.250. The molecule has 0 aliphatic carbocycles. The van der Waals surface area contributed by atoms with Crippen molar-refractivity contribution in [2.45, 2.75) is 13.5 Å². The van der Waals surface area contributed by atoms with Crippen molar-refractivity contribution in [1.29, 1.82) is 0 Å². The molecule has 17 heavy (non-hydrogen) atoms. The van der Waals surface area contributed by atoms with Crippen molar-refractivity contribution in [3.8, 4) is 0 Å². The third kappa shape index (κ3) is 2.90. The molecule has 0 bridgehead atoms. The Morgan fingerprint density at radius 1 is 1.24 bits per heavy atom. The number of hydrogen-bond acceptors (Lipinski definition) is 5. The summed E-state index contributed by atoms with van der Waals surface area (Å²) in [6.45, 7) is 3.73. The van der Waals surface area contributed by atoms with E-state index in [1.54, 1.807) is 18.5 Å². The maximum atomic E-state index is 5.66. The molecule has 0 fully saturated rings. The maximum absolute atomic E-state index is 5.66. The SMILES string of the molecule is CCN(Cc1ccncc1)c1cc(N)ncn1. The van der Waals surface area contributed by atoms with E-state index in [1.807, 2.05) is 12.1 Å². The van der Waals surface area contributed by atoms with Crippen LogP contribution in [-0.2, 0) is 6.54 Å². The van der Waals surface area contributed by atoms with Gasteiger partial charge in [-0.3, -0.25) is 4.98 Å². The number of nitrogens with zero attached hydrogens (tertiary/aromatic N) is 4. The summed E-state index contributed by atoms with van der Waals surface area (Å²) in [5, 5.41) is 0. The van der Waals surface area contributed by atoms with Gasteiger partial charge in [0.25, 0.3) is 0 Å². The van der Waals surface area contributed by atoms with Crippen molar-refractivity contribution in [1.82, 2.24) is 15.0 Å². The molecule has 0 aliphatic rings. The number of aromatic nitrogens is 3. The summed E-state index contributed by atoms with van der Waals surface area (Å²) in [4.78, 5) is 14.3. The van der Waals surface area contributed by atoms with Crippen molar-refractivity contribution < 1.29 is 0 Å². The van der Waals surface area contributed by atoms with E-state index in [2.05, 4.69) is 26.8 Å². The molecular weight excluding hydrogens is 214 g/mol. The lowest BCUT2D eigenvalue weighted by Gasteiger charge is -2.21. The third-order valence-electron chi connectivity index (χ3n) is 2.50. The van der Waals surface area contributed by atoms with Gasteiger partial charge in [0.2, 0.25) is 0 Å². The van der Waals surface area contributed by atoms with Crippen LogP contribution in [0.1, 0.15) is 12.5 Å². The highest BCUT2D eigenvalue weighted by molar-refractivity contribution is 5.46. The first-order valence-electron chi connectivity index (χ1n) is 5.51. The van der Waals surface area contributed by atoms with E-state index in [4.69, 9.17) is 5.73 Å². The molecule has 2 heterocycles. The fourth-order valence-corrected chi connectivity index (χ4v) is 1.60. The van der Waals surface area contributed by atoms with Gasteiger partial charge in [0.05, 0.1) is 0 Å². The molecule has 0 saturated heterocycles. The second kappa shape index (κ2) is 5.25. The predicted octanol–water partition coefficient (Wildman–Crippen LogP) is 1.48. The van der Waals surface area contributed by atoms with Gasteiger partial charge in [0, 0.05) is 31.5 Å². The monoisotopic (exact) mass is 229 g/mol. The average molecular weight is 229 g/mol. The van der Waals surface area contributed by atoms with E-state index in [0.717, 1.165) is 18.9 Å². The van der Waals surface area contributed by atoms with Crippen LogP contribution in [0.5, 0.6) is 0 Å². The van der Waals surface area contributed by atoms with Crippen molar-refractivity contribution in [3.63, 3.8) is 0 Å². The minimum absolute atomic E-state index is 0.489. The first kappa shape index (κ1) is 11.3. The molecule has 88 valence electrons. The Morgan fingerprint density at radius 2 is 2.00 bits per heavy atom. The molecule has 0 radical (unpaired) electrons. The summed E-state index contributed by atoms with van der Waals surface area (Å²) in [6.07, 6.45) is 5.06. The largest absolute Gasteiger partial charge is 0.384 e. The van der Waals surface area contributed by atoms with Crippen LogP contribution in [0, 0.1) is 0 Å². The highest BCUT2D eigenvalue weighted by Crippen LogP contribution is 2.14. The summed E-state index contributed by atoms with van der Waals surface area (Å²) < 4.78 is 0. The standard InChI is InChI=1S/C12H15N5/c1-2-17(8-10-3-5-14-6-4-10)12-7-11(13)15-9-16-12/h3-7,9H,2,8H2,1H3,(H2,13,15,16). The second-order valence-corrected chi connectivity index (χ2v) is 3.67. The summed E-state index contributed by atoms with van der Waals surface area (Å²) in [7, 11) is 0. The van der Waals surface area contributed by atoms with Crippen LogP contribution < -0.4 is 10.6 Å². The topological polar surface area (TPSA) is 67.9 Å². The molecule has 5 nitrogen and oxygen atoms in total. The van der Waals surface area contributed by atoms with Crippen LogP contribution >= 0.6 is 0 Å². The van der Waals surface area contributed by atoms with Gasteiger partial charge in [-0.15, -0.1) is 0 Å². The molecule has 0 aromatic carbocycles. The summed E-state index contributed by atoms with van der Waals surface area (Å²) >= 11 is 0. The first-order valence-corrected chi connectivity index (χ1v) is 5.51. The highest BCUT2D eigenvalue weighted by atomic mass is 15.2. The minimum atomic E-state index is 0.489. The average Bonchev–Trinajstić information content (AvgIpc) is 2.37. The lowest BCUT2D eigenvalue weighted by molar-refractivity contribution is 0.809. The molecular formula is C12H15N5. The molecule has 0 unspecified atom stereocenters. The van der Waals surface area contributed by atoms with Crippen molar-refractivity contribution in [2.24, 2.45) is 0 Å². The van der Waals surface area contributed by atoms with Gasteiger partial charge in [-0.2, -0.15) is 0 Å². The van der Waals surface area contributed by atoms with Crippen LogP contribution in [0.4, 0.5) is 11.6 Å². The Morgan fingerprint density at radius 3 is 2.65 bits per heavy atom. The quantitative estimate of drug-likeness (QED) is 0.860. The van der Waals surface area contributed by atoms with Crippen LogP contribution in [-0.4, -0.2) is 21.5 Å². The van der Waals surface area contributed by atoms with Gasteiger partial charge in [0.1, 0.15) is 18.0 Å². The van der Waals surface area contributed by atoms with E-state index < -0.39 is 0 Å². The Balaban J connectivity index is 2.17. The van der Waals surface area contributed by atoms with Crippen molar-refractivity contribution >= 4 is 11.6 Å².